The first-order chi connectivity index (χ1) is 13.4. The summed E-state index contributed by atoms with van der Waals surface area (Å²) < 4.78 is 10.3. The number of anilines is 1. The number of ketones is 1. The molecule has 0 unspecified atom stereocenters. The summed E-state index contributed by atoms with van der Waals surface area (Å²) in [7, 11) is 0. The minimum Gasteiger partial charge on any atom is -0.482 e. The number of rotatable bonds is 9. The molecule has 2 rings (SSSR count). The van der Waals surface area contributed by atoms with Gasteiger partial charge in [0.1, 0.15) is 5.75 Å². The van der Waals surface area contributed by atoms with Gasteiger partial charge in [-0.3, -0.25) is 9.59 Å². The molecular formula is C22H25NO5. The number of hydrogen-bond acceptors (Lipinski definition) is 5. The zero-order chi connectivity index (χ0) is 20.5. The molecule has 0 aliphatic carbocycles. The van der Waals surface area contributed by atoms with E-state index in [1.807, 2.05) is 32.0 Å². The van der Waals surface area contributed by atoms with Crippen molar-refractivity contribution in [2.24, 2.45) is 0 Å². The lowest BCUT2D eigenvalue weighted by molar-refractivity contribution is -0.149. The van der Waals surface area contributed by atoms with Crippen LogP contribution < -0.4 is 10.1 Å². The molecule has 148 valence electrons. The van der Waals surface area contributed by atoms with Gasteiger partial charge >= 0.3 is 5.97 Å². The van der Waals surface area contributed by atoms with E-state index in [2.05, 4.69) is 5.32 Å². The first kappa shape index (κ1) is 21.2. The van der Waals surface area contributed by atoms with Crippen LogP contribution in [-0.4, -0.2) is 30.9 Å². The molecule has 0 aliphatic rings. The third-order valence-corrected chi connectivity index (χ3v) is 4.22. The topological polar surface area (TPSA) is 81.7 Å². The average Bonchev–Trinajstić information content (AvgIpc) is 2.72. The molecule has 2 aromatic carbocycles. The van der Waals surface area contributed by atoms with Gasteiger partial charge in [0.25, 0.3) is 5.91 Å². The molecule has 28 heavy (non-hydrogen) atoms. The molecule has 0 saturated carbocycles. The van der Waals surface area contributed by atoms with E-state index in [1.54, 1.807) is 31.2 Å². The third-order valence-electron chi connectivity index (χ3n) is 4.22. The minimum absolute atomic E-state index is 0.0388. The Morgan fingerprint density at radius 3 is 2.32 bits per heavy atom. The lowest BCUT2D eigenvalue weighted by atomic mass is 10.1. The molecule has 6 nitrogen and oxygen atoms in total. The Balaban J connectivity index is 1.79. The molecule has 1 amide bonds. The minimum atomic E-state index is -0.649. The largest absolute Gasteiger partial charge is 0.482 e. The number of Topliss-reactive ketones (excluding diaryl/α,β-unsaturated/α-hetero) is 1. The van der Waals surface area contributed by atoms with E-state index in [1.165, 1.54) is 0 Å². The number of para-hydroxylation sites is 1. The zero-order valence-corrected chi connectivity index (χ0v) is 16.4. The molecule has 0 aromatic heterocycles. The zero-order valence-electron chi connectivity index (χ0n) is 16.4. The highest BCUT2D eigenvalue weighted by Gasteiger charge is 2.12. The summed E-state index contributed by atoms with van der Waals surface area (Å²) in [6.07, 6.45) is 1.21. The second-order valence-corrected chi connectivity index (χ2v) is 6.26. The quantitative estimate of drug-likeness (QED) is 0.527. The molecule has 0 heterocycles. The lowest BCUT2D eigenvalue weighted by Crippen LogP contribution is -2.24. The van der Waals surface area contributed by atoms with Crippen LogP contribution in [0.4, 0.5) is 5.69 Å². The van der Waals surface area contributed by atoms with Gasteiger partial charge in [-0.15, -0.1) is 0 Å². The molecule has 0 fully saturated rings. The summed E-state index contributed by atoms with van der Waals surface area (Å²) in [5.41, 5.74) is 3.32. The highest BCUT2D eigenvalue weighted by atomic mass is 16.6. The first-order valence-electron chi connectivity index (χ1n) is 9.24. The van der Waals surface area contributed by atoms with E-state index in [4.69, 9.17) is 9.47 Å². The fraction of sp³-hybridized carbons (Fsp3) is 0.318. The summed E-state index contributed by atoms with van der Waals surface area (Å²) >= 11 is 0. The van der Waals surface area contributed by atoms with E-state index in [0.717, 1.165) is 23.2 Å². The van der Waals surface area contributed by atoms with Crippen molar-refractivity contribution in [1.29, 1.82) is 0 Å². The van der Waals surface area contributed by atoms with Crippen LogP contribution >= 0.6 is 0 Å². The van der Waals surface area contributed by atoms with E-state index >= 15 is 0 Å². The average molecular weight is 383 g/mol. The summed E-state index contributed by atoms with van der Waals surface area (Å²) in [4.78, 5) is 35.5. The maximum Gasteiger partial charge on any atom is 0.344 e. The Morgan fingerprint density at radius 2 is 1.68 bits per heavy atom. The third kappa shape index (κ3) is 5.94. The number of aryl methyl sites for hydroxylation is 2. The normalized spacial score (nSPS) is 10.2. The number of ether oxygens (including phenoxy) is 2. The van der Waals surface area contributed by atoms with Crippen LogP contribution in [0.2, 0.25) is 0 Å². The molecule has 6 heteroatoms. The fourth-order valence-corrected chi connectivity index (χ4v) is 2.65. The molecule has 0 spiro atoms. The van der Waals surface area contributed by atoms with Gasteiger partial charge in [0.2, 0.25) is 0 Å². The predicted molar refractivity (Wildman–Crippen MR) is 107 cm³/mol. The van der Waals surface area contributed by atoms with Crippen LogP contribution in [0, 0.1) is 6.92 Å². The van der Waals surface area contributed by atoms with Gasteiger partial charge in [0, 0.05) is 17.7 Å². The van der Waals surface area contributed by atoms with Crippen molar-refractivity contribution in [1.82, 2.24) is 0 Å². The number of hydrogen-bond donors (Lipinski definition) is 1. The molecular weight excluding hydrogens is 358 g/mol. The Kier molecular flexibility index (Phi) is 7.75. The first-order valence-corrected chi connectivity index (χ1v) is 9.24. The number of carbonyl (C=O) groups is 3. The highest BCUT2D eigenvalue weighted by molar-refractivity contribution is 5.96. The predicted octanol–water partition coefficient (Wildman–Crippen LogP) is 3.71. The highest BCUT2D eigenvalue weighted by Crippen LogP contribution is 2.21. The summed E-state index contributed by atoms with van der Waals surface area (Å²) in [6, 6.07) is 12.3. The van der Waals surface area contributed by atoms with Crippen molar-refractivity contribution in [3.63, 3.8) is 0 Å². The van der Waals surface area contributed by atoms with Gasteiger partial charge in [-0.2, -0.15) is 0 Å². The van der Waals surface area contributed by atoms with Crippen molar-refractivity contribution >= 4 is 23.3 Å². The Labute approximate surface area is 164 Å². The Morgan fingerprint density at radius 1 is 0.964 bits per heavy atom. The SMILES string of the molecule is CCC(=O)c1ccc(OCC(=O)OCC(=O)Nc2c(C)cccc2CC)cc1. The number of carbonyl (C=O) groups excluding carboxylic acids is 3. The summed E-state index contributed by atoms with van der Waals surface area (Å²) in [5.74, 6) is -0.567. The van der Waals surface area contributed by atoms with Gasteiger partial charge < -0.3 is 14.8 Å². The van der Waals surface area contributed by atoms with Crippen LogP contribution in [0.5, 0.6) is 5.75 Å². The van der Waals surface area contributed by atoms with Crippen LogP contribution in [0.25, 0.3) is 0 Å². The number of nitrogens with one attached hydrogen (secondary N) is 1. The molecule has 0 aliphatic heterocycles. The molecule has 0 atom stereocenters. The van der Waals surface area contributed by atoms with Crippen molar-refractivity contribution in [2.45, 2.75) is 33.6 Å². The van der Waals surface area contributed by atoms with E-state index in [-0.39, 0.29) is 19.0 Å². The van der Waals surface area contributed by atoms with Crippen molar-refractivity contribution < 1.29 is 23.9 Å². The van der Waals surface area contributed by atoms with Gasteiger partial charge in [-0.05, 0) is 48.7 Å². The lowest BCUT2D eigenvalue weighted by Gasteiger charge is -2.13. The van der Waals surface area contributed by atoms with E-state index in [9.17, 15) is 14.4 Å². The fourth-order valence-electron chi connectivity index (χ4n) is 2.65. The Bertz CT molecular complexity index is 843. The van der Waals surface area contributed by atoms with E-state index < -0.39 is 11.9 Å². The summed E-state index contributed by atoms with van der Waals surface area (Å²) in [6.45, 7) is 5.00. The van der Waals surface area contributed by atoms with Gasteiger partial charge in [0.15, 0.2) is 19.0 Å². The smallest absolute Gasteiger partial charge is 0.344 e. The molecule has 0 bridgehead atoms. The molecule has 1 N–H and O–H groups in total. The molecule has 0 saturated heterocycles. The standard InChI is InChI=1S/C22H25NO5/c1-4-16-8-6-7-15(3)22(16)23-20(25)13-28-21(26)14-27-18-11-9-17(10-12-18)19(24)5-2/h6-12H,4-5,13-14H2,1-3H3,(H,23,25). The van der Waals surface area contributed by atoms with Crippen LogP contribution in [0.3, 0.4) is 0 Å². The van der Waals surface area contributed by atoms with Crippen molar-refractivity contribution in [2.75, 3.05) is 18.5 Å². The van der Waals surface area contributed by atoms with Crippen molar-refractivity contribution in [3.05, 3.63) is 59.2 Å². The maximum absolute atomic E-state index is 12.1. The van der Waals surface area contributed by atoms with Gasteiger partial charge in [-0.25, -0.2) is 4.79 Å². The summed E-state index contributed by atoms with van der Waals surface area (Å²) in [5, 5.41) is 2.79. The number of benzene rings is 2. The van der Waals surface area contributed by atoms with Crippen molar-refractivity contribution in [3.8, 4) is 5.75 Å². The molecule has 0 radical (unpaired) electrons. The second-order valence-electron chi connectivity index (χ2n) is 6.26. The second kappa shape index (κ2) is 10.3. The van der Waals surface area contributed by atoms with E-state index in [0.29, 0.717) is 17.7 Å². The van der Waals surface area contributed by atoms with Crippen LogP contribution in [0.15, 0.2) is 42.5 Å². The van der Waals surface area contributed by atoms with Gasteiger partial charge in [0.05, 0.1) is 0 Å². The molecule has 2 aromatic rings. The Hall–Kier alpha value is -3.15. The number of amides is 1. The van der Waals surface area contributed by atoms with Gasteiger partial charge in [-0.1, -0.05) is 32.0 Å². The van der Waals surface area contributed by atoms with Crippen LogP contribution in [0.1, 0.15) is 41.8 Å². The maximum atomic E-state index is 12.1. The monoisotopic (exact) mass is 383 g/mol. The van der Waals surface area contributed by atoms with Crippen LogP contribution in [-0.2, 0) is 20.7 Å². The number of esters is 1.